The largest absolute Gasteiger partial charge is 0.480 e. The molecule has 0 aromatic heterocycles. The molecule has 4 nitrogen and oxygen atoms in total. The van der Waals surface area contributed by atoms with Crippen molar-refractivity contribution in [3.8, 4) is 0 Å². The lowest BCUT2D eigenvalue weighted by atomic mass is 10.1. The van der Waals surface area contributed by atoms with Gasteiger partial charge in [-0.3, -0.25) is 9.59 Å². The van der Waals surface area contributed by atoms with Gasteiger partial charge in [0.2, 0.25) is 0 Å². The Bertz CT molecular complexity index is 298. The molecule has 0 amide bonds. The molecule has 0 heterocycles. The summed E-state index contributed by atoms with van der Waals surface area (Å²) in [7, 11) is 0. The number of ketones is 1. The zero-order valence-corrected chi connectivity index (χ0v) is 14.8. The van der Waals surface area contributed by atoms with Crippen LogP contribution in [0.15, 0.2) is 0 Å². The third kappa shape index (κ3) is 14.4. The van der Waals surface area contributed by atoms with E-state index in [4.69, 9.17) is 10.8 Å². The Balaban J connectivity index is 3.27. The summed E-state index contributed by atoms with van der Waals surface area (Å²) < 4.78 is 0. The molecule has 0 saturated carbocycles. The summed E-state index contributed by atoms with van der Waals surface area (Å²) in [6.07, 6.45) is 12.4. The number of hydrogen-bond acceptors (Lipinski definition) is 4. The molecule has 130 valence electrons. The van der Waals surface area contributed by atoms with Crippen LogP contribution in [0.4, 0.5) is 0 Å². The minimum Gasteiger partial charge on any atom is -0.480 e. The van der Waals surface area contributed by atoms with Crippen molar-refractivity contribution in [3.63, 3.8) is 0 Å². The molecule has 0 rings (SSSR count). The molecule has 0 aliphatic rings. The van der Waals surface area contributed by atoms with E-state index in [0.29, 0.717) is 24.3 Å². The van der Waals surface area contributed by atoms with Gasteiger partial charge in [0.25, 0.3) is 0 Å². The van der Waals surface area contributed by atoms with E-state index in [1.165, 1.54) is 56.7 Å². The molecule has 0 aliphatic carbocycles. The molecular formula is C17H33NO3S. The lowest BCUT2D eigenvalue weighted by molar-refractivity contribution is -0.138. The van der Waals surface area contributed by atoms with Crippen LogP contribution in [0.1, 0.15) is 77.6 Å². The first-order valence-corrected chi connectivity index (χ1v) is 9.81. The topological polar surface area (TPSA) is 80.4 Å². The van der Waals surface area contributed by atoms with Crippen molar-refractivity contribution in [3.05, 3.63) is 0 Å². The van der Waals surface area contributed by atoms with Gasteiger partial charge in [-0.1, -0.05) is 58.3 Å². The summed E-state index contributed by atoms with van der Waals surface area (Å²) in [5.41, 5.74) is 5.40. The van der Waals surface area contributed by atoms with Crippen molar-refractivity contribution >= 4 is 23.5 Å². The minimum atomic E-state index is -0.971. The van der Waals surface area contributed by atoms with Crippen molar-refractivity contribution < 1.29 is 14.7 Å². The lowest BCUT2D eigenvalue weighted by Gasteiger charge is -2.05. The highest BCUT2D eigenvalue weighted by Crippen LogP contribution is 2.12. The average molecular weight is 332 g/mol. The number of carbonyl (C=O) groups is 2. The molecule has 5 heteroatoms. The van der Waals surface area contributed by atoms with Gasteiger partial charge in [-0.15, -0.1) is 0 Å². The zero-order chi connectivity index (χ0) is 16.6. The van der Waals surface area contributed by atoms with Crippen LogP contribution in [0.3, 0.4) is 0 Å². The molecule has 0 aromatic carbocycles. The predicted octanol–water partition coefficient (Wildman–Crippen LogP) is 4.01. The smallest absolute Gasteiger partial charge is 0.320 e. The summed E-state index contributed by atoms with van der Waals surface area (Å²) in [5, 5.41) is 8.64. The molecule has 0 aliphatic heterocycles. The Morgan fingerprint density at radius 3 is 2.09 bits per heavy atom. The average Bonchev–Trinajstić information content (AvgIpc) is 2.49. The summed E-state index contributed by atoms with van der Waals surface area (Å²) in [6.45, 7) is 2.23. The fraction of sp³-hybridized carbons (Fsp3) is 0.882. The molecule has 0 bridgehead atoms. The maximum Gasteiger partial charge on any atom is 0.320 e. The number of carboxylic acid groups (broad SMARTS) is 1. The molecule has 0 fully saturated rings. The van der Waals surface area contributed by atoms with Crippen LogP contribution in [0.5, 0.6) is 0 Å². The van der Waals surface area contributed by atoms with E-state index in [1.807, 2.05) is 0 Å². The SMILES string of the molecule is CCCCCCCCCCCC(=O)CSCC[C@H](N)C(=O)O. The molecule has 22 heavy (non-hydrogen) atoms. The first-order valence-electron chi connectivity index (χ1n) is 8.65. The maximum atomic E-state index is 11.7. The van der Waals surface area contributed by atoms with Crippen LogP contribution in [0.2, 0.25) is 0 Å². The van der Waals surface area contributed by atoms with Crippen LogP contribution in [0.25, 0.3) is 0 Å². The Morgan fingerprint density at radius 2 is 1.55 bits per heavy atom. The first kappa shape index (κ1) is 21.4. The minimum absolute atomic E-state index is 0.275. The second-order valence-corrected chi connectivity index (χ2v) is 7.01. The molecule has 0 spiro atoms. The number of thioether (sulfide) groups is 1. The Kier molecular flexibility index (Phi) is 15.0. The van der Waals surface area contributed by atoms with Gasteiger partial charge in [0.05, 0.1) is 5.75 Å². The maximum absolute atomic E-state index is 11.7. The van der Waals surface area contributed by atoms with Crippen LogP contribution < -0.4 is 5.73 Å². The molecule has 0 radical (unpaired) electrons. The van der Waals surface area contributed by atoms with E-state index >= 15 is 0 Å². The summed E-state index contributed by atoms with van der Waals surface area (Å²) in [4.78, 5) is 22.2. The standard InChI is InChI=1S/C17H33NO3S/c1-2-3-4-5-6-7-8-9-10-11-15(19)14-22-13-12-16(18)17(20)21/h16H,2-14,18H2,1H3,(H,20,21)/t16-/m0/s1. The van der Waals surface area contributed by atoms with Crippen LogP contribution in [0, 0.1) is 0 Å². The van der Waals surface area contributed by atoms with Gasteiger partial charge in [-0.2, -0.15) is 11.8 Å². The fourth-order valence-corrected chi connectivity index (χ4v) is 3.16. The van der Waals surface area contributed by atoms with E-state index < -0.39 is 12.0 Å². The van der Waals surface area contributed by atoms with E-state index in [-0.39, 0.29) is 5.78 Å². The number of hydrogen-bond donors (Lipinski definition) is 2. The van der Waals surface area contributed by atoms with Gasteiger partial charge in [0.15, 0.2) is 0 Å². The third-order valence-electron chi connectivity index (χ3n) is 3.71. The van der Waals surface area contributed by atoms with E-state index in [1.54, 1.807) is 0 Å². The van der Waals surface area contributed by atoms with Crippen LogP contribution in [-0.2, 0) is 9.59 Å². The first-order chi connectivity index (χ1) is 10.6. The Morgan fingerprint density at radius 1 is 1.00 bits per heavy atom. The van der Waals surface area contributed by atoms with Crippen molar-refractivity contribution in [1.82, 2.24) is 0 Å². The predicted molar refractivity (Wildman–Crippen MR) is 94.4 cm³/mol. The highest BCUT2D eigenvalue weighted by atomic mass is 32.2. The van der Waals surface area contributed by atoms with Crippen LogP contribution in [-0.4, -0.2) is 34.4 Å². The van der Waals surface area contributed by atoms with Gasteiger partial charge < -0.3 is 10.8 Å². The summed E-state index contributed by atoms with van der Waals surface area (Å²) in [6, 6.07) is -0.806. The monoisotopic (exact) mass is 331 g/mol. The summed E-state index contributed by atoms with van der Waals surface area (Å²) in [5.74, 6) is 0.429. The molecule has 0 saturated heterocycles. The quantitative estimate of drug-likeness (QED) is 0.418. The second kappa shape index (κ2) is 15.3. The molecule has 0 aromatic rings. The number of aliphatic carboxylic acids is 1. The highest BCUT2D eigenvalue weighted by Gasteiger charge is 2.11. The molecule has 1 atom stereocenters. The third-order valence-corrected chi connectivity index (χ3v) is 4.76. The lowest BCUT2D eigenvalue weighted by Crippen LogP contribution is -2.30. The number of Topliss-reactive ketones (excluding diaryl/α,β-unsaturated/α-hetero) is 1. The number of carbonyl (C=O) groups excluding carboxylic acids is 1. The van der Waals surface area contributed by atoms with E-state index in [9.17, 15) is 9.59 Å². The van der Waals surface area contributed by atoms with Gasteiger partial charge in [0, 0.05) is 6.42 Å². The number of unbranched alkanes of at least 4 members (excludes halogenated alkanes) is 8. The van der Waals surface area contributed by atoms with Crippen molar-refractivity contribution in [1.29, 1.82) is 0 Å². The number of rotatable bonds is 16. The molecular weight excluding hydrogens is 298 g/mol. The van der Waals surface area contributed by atoms with Crippen molar-refractivity contribution in [2.45, 2.75) is 83.6 Å². The Labute approximate surface area is 139 Å². The normalized spacial score (nSPS) is 12.3. The van der Waals surface area contributed by atoms with Gasteiger partial charge >= 0.3 is 5.97 Å². The van der Waals surface area contributed by atoms with Gasteiger partial charge in [-0.05, 0) is 18.6 Å². The van der Waals surface area contributed by atoms with Crippen molar-refractivity contribution in [2.75, 3.05) is 11.5 Å². The van der Waals surface area contributed by atoms with Gasteiger partial charge in [0.1, 0.15) is 11.8 Å². The number of nitrogens with two attached hydrogens (primary N) is 1. The molecule has 3 N–H and O–H groups in total. The van der Waals surface area contributed by atoms with Crippen molar-refractivity contribution in [2.24, 2.45) is 5.73 Å². The summed E-state index contributed by atoms with van der Waals surface area (Å²) >= 11 is 1.49. The zero-order valence-electron chi connectivity index (χ0n) is 14.0. The van der Waals surface area contributed by atoms with E-state index in [0.717, 1.165) is 12.8 Å². The highest BCUT2D eigenvalue weighted by molar-refractivity contribution is 7.99. The fourth-order valence-electron chi connectivity index (χ4n) is 2.22. The van der Waals surface area contributed by atoms with E-state index in [2.05, 4.69) is 6.92 Å². The van der Waals surface area contributed by atoms with Gasteiger partial charge in [-0.25, -0.2) is 0 Å². The second-order valence-electron chi connectivity index (χ2n) is 5.90. The Hall–Kier alpha value is -0.550. The molecule has 0 unspecified atom stereocenters. The van der Waals surface area contributed by atoms with Crippen LogP contribution >= 0.6 is 11.8 Å². The number of carboxylic acids is 1.